The van der Waals surface area contributed by atoms with E-state index in [1.165, 1.54) is 23.3 Å². The second-order valence-corrected chi connectivity index (χ2v) is 9.00. The lowest BCUT2D eigenvalue weighted by atomic mass is 10.1. The molecule has 1 amide bonds. The Kier molecular flexibility index (Phi) is 5.83. The van der Waals surface area contributed by atoms with Gasteiger partial charge >= 0.3 is 5.97 Å². The number of fused-ring (bicyclic) bond motifs is 1. The first-order valence-electron chi connectivity index (χ1n) is 9.22. The van der Waals surface area contributed by atoms with Crippen LogP contribution in [-0.2, 0) is 5.75 Å². The number of aromatic nitrogens is 1. The first-order valence-corrected chi connectivity index (χ1v) is 11.0. The number of carbonyl (C=O) groups is 2. The fraction of sp³-hybridized carbons (Fsp3) is 0.0870. The first kappa shape index (κ1) is 20.1. The van der Waals surface area contributed by atoms with Crippen molar-refractivity contribution in [3.8, 4) is 0 Å². The predicted octanol–water partition coefficient (Wildman–Crippen LogP) is 5.85. The number of nitrogens with zero attached hydrogens (tertiary/aromatic N) is 1. The van der Waals surface area contributed by atoms with Gasteiger partial charge in [-0.25, -0.2) is 9.78 Å². The van der Waals surface area contributed by atoms with Gasteiger partial charge in [-0.15, -0.1) is 11.3 Å². The molecule has 0 aliphatic heterocycles. The number of aryl methyl sites for hydroxylation is 1. The van der Waals surface area contributed by atoms with E-state index in [4.69, 9.17) is 0 Å². The number of carboxylic acids is 1. The summed E-state index contributed by atoms with van der Waals surface area (Å²) in [7, 11) is 0. The van der Waals surface area contributed by atoms with Crippen molar-refractivity contribution in [3.63, 3.8) is 0 Å². The van der Waals surface area contributed by atoms with Crippen LogP contribution < -0.4 is 5.32 Å². The minimum absolute atomic E-state index is 0.0243. The van der Waals surface area contributed by atoms with Crippen molar-refractivity contribution in [3.05, 3.63) is 89.0 Å². The van der Waals surface area contributed by atoms with Crippen LogP contribution >= 0.6 is 23.1 Å². The second kappa shape index (κ2) is 8.69. The maximum absolute atomic E-state index is 12.6. The molecule has 150 valence electrons. The molecule has 0 radical (unpaired) electrons. The number of rotatable bonds is 6. The van der Waals surface area contributed by atoms with E-state index >= 15 is 0 Å². The van der Waals surface area contributed by atoms with Crippen molar-refractivity contribution in [1.29, 1.82) is 0 Å². The quantitative estimate of drug-likeness (QED) is 0.372. The van der Waals surface area contributed by atoms with Crippen LogP contribution in [0.1, 0.15) is 31.8 Å². The van der Waals surface area contributed by atoms with Crippen molar-refractivity contribution in [2.75, 3.05) is 5.32 Å². The van der Waals surface area contributed by atoms with Crippen LogP contribution in [0.2, 0.25) is 0 Å². The molecule has 0 aliphatic carbocycles. The van der Waals surface area contributed by atoms with Gasteiger partial charge in [0, 0.05) is 11.4 Å². The Morgan fingerprint density at radius 3 is 2.60 bits per heavy atom. The monoisotopic (exact) mass is 434 g/mol. The minimum Gasteiger partial charge on any atom is -0.478 e. The normalized spacial score (nSPS) is 10.8. The Bertz CT molecular complexity index is 1250. The fourth-order valence-electron chi connectivity index (χ4n) is 3.06. The zero-order valence-electron chi connectivity index (χ0n) is 16.1. The largest absolute Gasteiger partial charge is 0.478 e. The number of amides is 1. The molecule has 5 nitrogen and oxygen atoms in total. The molecule has 0 atom stereocenters. The van der Waals surface area contributed by atoms with Crippen LogP contribution in [0.4, 0.5) is 5.69 Å². The van der Waals surface area contributed by atoms with Gasteiger partial charge in [0.25, 0.3) is 5.91 Å². The van der Waals surface area contributed by atoms with Gasteiger partial charge in [-0.2, -0.15) is 0 Å². The standard InChI is InChI=1S/C23H18N2O3S2/c1-14-5-4-6-15(11-14)13-29-23-25-19-10-9-16(12-20(19)30-23)24-21(26)17-7-2-3-8-18(17)22(27)28/h2-12H,13H2,1H3,(H,24,26)(H,27,28). The number of thiazole rings is 1. The van der Waals surface area contributed by atoms with E-state index in [1.54, 1.807) is 41.3 Å². The first-order chi connectivity index (χ1) is 14.5. The molecule has 0 saturated heterocycles. The Labute approximate surface area is 181 Å². The lowest BCUT2D eigenvalue weighted by molar-refractivity contribution is 0.0692. The summed E-state index contributed by atoms with van der Waals surface area (Å²) in [5.41, 5.74) is 4.07. The van der Waals surface area contributed by atoms with E-state index in [9.17, 15) is 14.7 Å². The maximum atomic E-state index is 12.6. The summed E-state index contributed by atoms with van der Waals surface area (Å²) in [4.78, 5) is 28.6. The van der Waals surface area contributed by atoms with Crippen LogP contribution in [0.5, 0.6) is 0 Å². The molecule has 30 heavy (non-hydrogen) atoms. The Morgan fingerprint density at radius 1 is 1.03 bits per heavy atom. The van der Waals surface area contributed by atoms with Crippen LogP contribution in [0.3, 0.4) is 0 Å². The summed E-state index contributed by atoms with van der Waals surface area (Å²) in [6.07, 6.45) is 0. The predicted molar refractivity (Wildman–Crippen MR) is 122 cm³/mol. The molecule has 0 aliphatic rings. The van der Waals surface area contributed by atoms with Crippen molar-refractivity contribution in [2.24, 2.45) is 0 Å². The van der Waals surface area contributed by atoms with Crippen molar-refractivity contribution in [2.45, 2.75) is 17.0 Å². The molecule has 2 N–H and O–H groups in total. The van der Waals surface area contributed by atoms with E-state index in [0.717, 1.165) is 20.3 Å². The van der Waals surface area contributed by atoms with Crippen molar-refractivity contribution >= 4 is 50.9 Å². The number of carbonyl (C=O) groups excluding carboxylic acids is 1. The number of anilines is 1. The summed E-state index contributed by atoms with van der Waals surface area (Å²) in [5.74, 6) is -0.739. The molecule has 1 heterocycles. The molecular formula is C23H18N2O3S2. The second-order valence-electron chi connectivity index (χ2n) is 6.74. The summed E-state index contributed by atoms with van der Waals surface area (Å²) >= 11 is 3.26. The summed E-state index contributed by atoms with van der Waals surface area (Å²) in [6.45, 7) is 2.08. The van der Waals surface area contributed by atoms with Gasteiger partial charge in [0.15, 0.2) is 4.34 Å². The lowest BCUT2D eigenvalue weighted by Crippen LogP contribution is -2.16. The van der Waals surface area contributed by atoms with Crippen LogP contribution in [-0.4, -0.2) is 22.0 Å². The van der Waals surface area contributed by atoms with Gasteiger partial charge in [0.05, 0.1) is 21.3 Å². The van der Waals surface area contributed by atoms with Crippen LogP contribution in [0, 0.1) is 6.92 Å². The molecule has 7 heteroatoms. The highest BCUT2D eigenvalue weighted by Gasteiger charge is 2.16. The highest BCUT2D eigenvalue weighted by atomic mass is 32.2. The Morgan fingerprint density at radius 2 is 1.83 bits per heavy atom. The zero-order chi connectivity index (χ0) is 21.1. The molecule has 0 saturated carbocycles. The van der Waals surface area contributed by atoms with E-state index in [1.807, 2.05) is 12.1 Å². The molecule has 0 bridgehead atoms. The van der Waals surface area contributed by atoms with Crippen molar-refractivity contribution in [1.82, 2.24) is 4.98 Å². The number of hydrogen-bond acceptors (Lipinski definition) is 5. The number of benzene rings is 3. The average molecular weight is 435 g/mol. The van der Waals surface area contributed by atoms with Gasteiger partial charge in [-0.3, -0.25) is 4.79 Å². The summed E-state index contributed by atoms with van der Waals surface area (Å²) in [6, 6.07) is 20.1. The number of carboxylic acid groups (broad SMARTS) is 1. The third kappa shape index (κ3) is 4.53. The maximum Gasteiger partial charge on any atom is 0.336 e. The van der Waals surface area contributed by atoms with E-state index in [-0.39, 0.29) is 11.1 Å². The number of aromatic carboxylic acids is 1. The minimum atomic E-state index is -1.13. The number of thioether (sulfide) groups is 1. The van der Waals surface area contributed by atoms with Gasteiger partial charge in [-0.1, -0.05) is 53.7 Å². The average Bonchev–Trinajstić information content (AvgIpc) is 3.14. The Hall–Kier alpha value is -3.16. The summed E-state index contributed by atoms with van der Waals surface area (Å²) in [5, 5.41) is 12.1. The molecule has 3 aromatic carbocycles. The summed E-state index contributed by atoms with van der Waals surface area (Å²) < 4.78 is 1.93. The molecule has 0 fully saturated rings. The van der Waals surface area contributed by atoms with Gasteiger partial charge in [0.2, 0.25) is 0 Å². The third-order valence-corrected chi connectivity index (χ3v) is 6.71. The number of nitrogens with one attached hydrogen (secondary N) is 1. The highest BCUT2D eigenvalue weighted by molar-refractivity contribution is 8.00. The molecule has 4 aromatic rings. The Balaban J connectivity index is 1.50. The van der Waals surface area contributed by atoms with Gasteiger partial charge < -0.3 is 10.4 Å². The SMILES string of the molecule is Cc1cccc(CSc2nc3ccc(NC(=O)c4ccccc4C(=O)O)cc3s2)c1. The van der Waals surface area contributed by atoms with Gasteiger partial charge in [0.1, 0.15) is 0 Å². The molecule has 1 aromatic heterocycles. The highest BCUT2D eigenvalue weighted by Crippen LogP contribution is 2.33. The van der Waals surface area contributed by atoms with Crippen LogP contribution in [0.15, 0.2) is 71.1 Å². The smallest absolute Gasteiger partial charge is 0.336 e. The molecular weight excluding hydrogens is 416 g/mol. The van der Waals surface area contributed by atoms with E-state index in [2.05, 4.69) is 41.5 Å². The van der Waals surface area contributed by atoms with E-state index in [0.29, 0.717) is 5.69 Å². The molecule has 0 unspecified atom stereocenters. The molecule has 0 spiro atoms. The van der Waals surface area contributed by atoms with Gasteiger partial charge in [-0.05, 0) is 42.8 Å². The van der Waals surface area contributed by atoms with E-state index < -0.39 is 11.9 Å². The van der Waals surface area contributed by atoms with Crippen LogP contribution in [0.25, 0.3) is 10.2 Å². The number of hydrogen-bond donors (Lipinski definition) is 2. The zero-order valence-corrected chi connectivity index (χ0v) is 17.7. The lowest BCUT2D eigenvalue weighted by Gasteiger charge is -2.07. The fourth-order valence-corrected chi connectivity index (χ4v) is 5.11. The van der Waals surface area contributed by atoms with Crippen molar-refractivity contribution < 1.29 is 14.7 Å². The topological polar surface area (TPSA) is 79.3 Å². The molecule has 4 rings (SSSR count). The third-order valence-electron chi connectivity index (χ3n) is 4.47.